The fourth-order valence-corrected chi connectivity index (χ4v) is 1.14. The maximum absolute atomic E-state index is 11.3. The molecule has 1 amide bonds. The summed E-state index contributed by atoms with van der Waals surface area (Å²) in [6.07, 6.45) is 0. The number of nitrogens with zero attached hydrogens (tertiary/aromatic N) is 1. The third-order valence-electron chi connectivity index (χ3n) is 1.82. The number of carbonyl (C=O) groups is 2. The second-order valence-electron chi connectivity index (χ2n) is 2.90. The van der Waals surface area contributed by atoms with E-state index in [1.54, 1.807) is 31.3 Å². The molecule has 0 aliphatic heterocycles. The highest BCUT2D eigenvalue weighted by Gasteiger charge is 2.14. The fourth-order valence-electron chi connectivity index (χ4n) is 1.02. The van der Waals surface area contributed by atoms with Gasteiger partial charge in [0.25, 0.3) is 5.91 Å². The van der Waals surface area contributed by atoms with Crippen molar-refractivity contribution in [3.63, 3.8) is 0 Å². The van der Waals surface area contributed by atoms with Gasteiger partial charge in [-0.25, -0.2) is 0 Å². The highest BCUT2D eigenvalue weighted by atomic mass is 35.5. The van der Waals surface area contributed by atoms with Gasteiger partial charge >= 0.3 is 0 Å². The monoisotopic (exact) mass is 211 g/mol. The Morgan fingerprint density at radius 2 is 1.71 bits per heavy atom. The van der Waals surface area contributed by atoms with E-state index in [0.29, 0.717) is 10.7 Å². The van der Waals surface area contributed by atoms with Gasteiger partial charge in [0.05, 0.1) is 0 Å². The van der Waals surface area contributed by atoms with Crippen molar-refractivity contribution < 1.29 is 9.59 Å². The number of carbonyl (C=O) groups excluding carboxylic acids is 2. The number of anilines is 1. The van der Waals surface area contributed by atoms with Crippen LogP contribution in [0.15, 0.2) is 24.3 Å². The van der Waals surface area contributed by atoms with E-state index in [9.17, 15) is 9.59 Å². The van der Waals surface area contributed by atoms with Crippen LogP contribution in [-0.2, 0) is 9.59 Å². The predicted molar refractivity (Wildman–Crippen MR) is 55.5 cm³/mol. The zero-order chi connectivity index (χ0) is 10.7. The largest absolute Gasteiger partial charge is 0.309 e. The second-order valence-corrected chi connectivity index (χ2v) is 3.33. The molecule has 0 N–H and O–H groups in total. The SMILES string of the molecule is CC(=O)C(=O)N(C)c1ccc(Cl)cc1. The van der Waals surface area contributed by atoms with Gasteiger partial charge in [-0.05, 0) is 24.3 Å². The van der Waals surface area contributed by atoms with Crippen molar-refractivity contribution in [3.8, 4) is 0 Å². The van der Waals surface area contributed by atoms with Gasteiger partial charge < -0.3 is 4.90 Å². The van der Waals surface area contributed by atoms with Crippen molar-refractivity contribution in [1.29, 1.82) is 0 Å². The van der Waals surface area contributed by atoms with Crippen molar-refractivity contribution in [2.45, 2.75) is 6.92 Å². The number of halogens is 1. The van der Waals surface area contributed by atoms with Crippen LogP contribution in [0.1, 0.15) is 6.92 Å². The van der Waals surface area contributed by atoms with Crippen LogP contribution in [-0.4, -0.2) is 18.7 Å². The van der Waals surface area contributed by atoms with Crippen LogP contribution in [0.3, 0.4) is 0 Å². The Hall–Kier alpha value is -1.35. The molecule has 0 spiro atoms. The van der Waals surface area contributed by atoms with E-state index in [4.69, 9.17) is 11.6 Å². The predicted octanol–water partition coefficient (Wildman–Crippen LogP) is 1.89. The molecule has 0 saturated heterocycles. The Kier molecular flexibility index (Phi) is 3.25. The van der Waals surface area contributed by atoms with Crippen molar-refractivity contribution in [3.05, 3.63) is 29.3 Å². The van der Waals surface area contributed by atoms with E-state index < -0.39 is 11.7 Å². The van der Waals surface area contributed by atoms with E-state index in [1.807, 2.05) is 0 Å². The number of Topliss-reactive ketones (excluding diaryl/α,β-unsaturated/α-hetero) is 1. The van der Waals surface area contributed by atoms with Crippen LogP contribution in [0.5, 0.6) is 0 Å². The van der Waals surface area contributed by atoms with Gasteiger partial charge in [0.2, 0.25) is 5.78 Å². The lowest BCUT2D eigenvalue weighted by atomic mass is 10.3. The standard InChI is InChI=1S/C10H10ClNO2/c1-7(13)10(14)12(2)9-5-3-8(11)4-6-9/h3-6H,1-2H3. The number of rotatable bonds is 2. The Balaban J connectivity index is 2.89. The zero-order valence-electron chi connectivity index (χ0n) is 7.95. The molecule has 0 heterocycles. The number of hydrogen-bond donors (Lipinski definition) is 0. The first kappa shape index (κ1) is 10.7. The van der Waals surface area contributed by atoms with Gasteiger partial charge in [-0.2, -0.15) is 0 Å². The highest BCUT2D eigenvalue weighted by molar-refractivity contribution is 6.40. The number of ketones is 1. The number of hydrogen-bond acceptors (Lipinski definition) is 2. The number of amides is 1. The van der Waals surface area contributed by atoms with Crippen molar-refractivity contribution in [1.82, 2.24) is 0 Å². The molecule has 14 heavy (non-hydrogen) atoms. The van der Waals surface area contributed by atoms with E-state index in [1.165, 1.54) is 11.8 Å². The summed E-state index contributed by atoms with van der Waals surface area (Å²) in [4.78, 5) is 23.4. The molecule has 0 radical (unpaired) electrons. The summed E-state index contributed by atoms with van der Waals surface area (Å²) < 4.78 is 0. The molecule has 74 valence electrons. The van der Waals surface area contributed by atoms with Crippen LogP contribution in [0.25, 0.3) is 0 Å². The Bertz CT molecular complexity index is 359. The van der Waals surface area contributed by atoms with Gasteiger partial charge in [0, 0.05) is 24.7 Å². The molecule has 3 nitrogen and oxygen atoms in total. The average Bonchev–Trinajstić information content (AvgIpc) is 2.16. The van der Waals surface area contributed by atoms with Gasteiger partial charge in [-0.15, -0.1) is 0 Å². The number of benzene rings is 1. The average molecular weight is 212 g/mol. The first-order chi connectivity index (χ1) is 6.52. The topological polar surface area (TPSA) is 37.4 Å². The van der Waals surface area contributed by atoms with Gasteiger partial charge in [0.15, 0.2) is 0 Å². The van der Waals surface area contributed by atoms with Crippen molar-refractivity contribution in [2.75, 3.05) is 11.9 Å². The quantitative estimate of drug-likeness (QED) is 0.701. The Labute approximate surface area is 87.3 Å². The molecular weight excluding hydrogens is 202 g/mol. The molecule has 0 aromatic heterocycles. The second kappa shape index (κ2) is 4.24. The third-order valence-corrected chi connectivity index (χ3v) is 2.07. The summed E-state index contributed by atoms with van der Waals surface area (Å²) >= 11 is 5.69. The molecule has 0 unspecified atom stereocenters. The molecule has 1 aromatic rings. The minimum absolute atomic E-state index is 0.484. The minimum atomic E-state index is -0.535. The fraction of sp³-hybridized carbons (Fsp3) is 0.200. The van der Waals surface area contributed by atoms with Crippen molar-refractivity contribution >= 4 is 29.0 Å². The van der Waals surface area contributed by atoms with Gasteiger partial charge in [0.1, 0.15) is 0 Å². The summed E-state index contributed by atoms with van der Waals surface area (Å²) in [6.45, 7) is 1.24. The molecule has 1 aromatic carbocycles. The maximum atomic E-state index is 11.3. The molecule has 4 heteroatoms. The van der Waals surface area contributed by atoms with Crippen molar-refractivity contribution in [2.24, 2.45) is 0 Å². The molecule has 1 rings (SSSR count). The van der Waals surface area contributed by atoms with Crippen LogP contribution < -0.4 is 4.90 Å². The van der Waals surface area contributed by atoms with Gasteiger partial charge in [-0.1, -0.05) is 11.6 Å². The summed E-state index contributed by atoms with van der Waals surface area (Å²) in [6, 6.07) is 6.70. The van der Waals surface area contributed by atoms with Crippen LogP contribution in [0, 0.1) is 0 Å². The Morgan fingerprint density at radius 1 is 1.21 bits per heavy atom. The van der Waals surface area contributed by atoms with E-state index in [-0.39, 0.29) is 0 Å². The molecule has 0 fully saturated rings. The Morgan fingerprint density at radius 3 is 2.14 bits per heavy atom. The first-order valence-electron chi connectivity index (χ1n) is 4.06. The number of likely N-dealkylation sites (N-methyl/N-ethyl adjacent to an activating group) is 1. The van der Waals surface area contributed by atoms with Crippen LogP contribution in [0.2, 0.25) is 5.02 Å². The van der Waals surface area contributed by atoms with E-state index in [0.717, 1.165) is 0 Å². The molecular formula is C10H10ClNO2. The summed E-state index contributed by atoms with van der Waals surface area (Å²) in [5.74, 6) is -1.02. The van der Waals surface area contributed by atoms with E-state index >= 15 is 0 Å². The summed E-state index contributed by atoms with van der Waals surface area (Å²) in [5.41, 5.74) is 0.648. The lowest BCUT2D eigenvalue weighted by Gasteiger charge is -2.15. The smallest absolute Gasteiger partial charge is 0.293 e. The lowest BCUT2D eigenvalue weighted by Crippen LogP contribution is -2.31. The summed E-state index contributed by atoms with van der Waals surface area (Å²) in [7, 11) is 1.55. The molecule has 0 bridgehead atoms. The minimum Gasteiger partial charge on any atom is -0.309 e. The first-order valence-corrected chi connectivity index (χ1v) is 4.44. The van der Waals surface area contributed by atoms with E-state index in [2.05, 4.69) is 0 Å². The molecule has 0 aliphatic carbocycles. The normalized spacial score (nSPS) is 9.64. The highest BCUT2D eigenvalue weighted by Crippen LogP contribution is 2.16. The lowest BCUT2D eigenvalue weighted by molar-refractivity contribution is -0.134. The van der Waals surface area contributed by atoms with Crippen LogP contribution in [0.4, 0.5) is 5.69 Å². The zero-order valence-corrected chi connectivity index (χ0v) is 8.71. The van der Waals surface area contributed by atoms with Gasteiger partial charge in [-0.3, -0.25) is 9.59 Å². The summed E-state index contributed by atoms with van der Waals surface area (Å²) in [5, 5.41) is 0.595. The molecule has 0 aliphatic rings. The maximum Gasteiger partial charge on any atom is 0.293 e. The van der Waals surface area contributed by atoms with Crippen LogP contribution >= 0.6 is 11.6 Å². The molecule has 0 saturated carbocycles. The third kappa shape index (κ3) is 2.33. The molecule has 0 atom stereocenters.